The van der Waals surface area contributed by atoms with Crippen LogP contribution < -0.4 is 5.32 Å². The summed E-state index contributed by atoms with van der Waals surface area (Å²) in [7, 11) is 0. The van der Waals surface area contributed by atoms with Crippen LogP contribution in [0.2, 0.25) is 0 Å². The minimum Gasteiger partial charge on any atom is -0.307 e. The number of hydrogen-bond acceptors (Lipinski definition) is 4. The molecule has 1 fully saturated rings. The molecule has 0 radical (unpaired) electrons. The molecule has 2 aromatic rings. The Bertz CT molecular complexity index is 537. The molecule has 1 aromatic carbocycles. The molecule has 0 aliphatic carbocycles. The van der Waals surface area contributed by atoms with Gasteiger partial charge in [0, 0.05) is 0 Å². The quantitative estimate of drug-likeness (QED) is 0.935. The maximum atomic E-state index is 12.3. The summed E-state index contributed by atoms with van der Waals surface area (Å²) < 4.78 is 1.17. The molecule has 1 N–H and O–H groups in total. The molecule has 1 saturated heterocycles. The molecule has 0 amide bonds. The number of rotatable bonds is 3. The number of thiazole rings is 1. The van der Waals surface area contributed by atoms with Gasteiger partial charge < -0.3 is 5.32 Å². The van der Waals surface area contributed by atoms with Crippen molar-refractivity contribution in [1.82, 2.24) is 10.3 Å². The molecule has 0 bridgehead atoms. The molecule has 3 rings (SSSR count). The van der Waals surface area contributed by atoms with Gasteiger partial charge in [-0.1, -0.05) is 25.0 Å². The summed E-state index contributed by atoms with van der Waals surface area (Å²) in [6.07, 6.45) is 5.02. The number of hydrogen-bond donors (Lipinski definition) is 1. The number of nitrogens with zero attached hydrogens (tertiary/aromatic N) is 1. The van der Waals surface area contributed by atoms with Crippen LogP contribution in [0.15, 0.2) is 24.3 Å². The first-order valence-electron chi connectivity index (χ1n) is 6.93. The van der Waals surface area contributed by atoms with Crippen LogP contribution in [-0.4, -0.2) is 23.4 Å². The van der Waals surface area contributed by atoms with Crippen molar-refractivity contribution in [3.05, 3.63) is 29.3 Å². The van der Waals surface area contributed by atoms with Gasteiger partial charge in [-0.05, 0) is 31.5 Å². The number of fused-ring (bicyclic) bond motifs is 1. The first kappa shape index (κ1) is 12.8. The summed E-state index contributed by atoms with van der Waals surface area (Å²) in [5.74, 6) is 0.293. The molecule has 1 aliphatic rings. The molecule has 1 unspecified atom stereocenters. The Labute approximate surface area is 117 Å². The molecule has 1 aliphatic heterocycles. The third-order valence-electron chi connectivity index (χ3n) is 3.61. The lowest BCUT2D eigenvalue weighted by Gasteiger charge is -2.13. The van der Waals surface area contributed by atoms with E-state index in [1.54, 1.807) is 11.3 Å². The molecular weight excluding hydrogens is 256 g/mol. The van der Waals surface area contributed by atoms with E-state index in [1.807, 2.05) is 18.2 Å². The number of Topliss-reactive ketones (excluding diaryl/α,β-unsaturated/α-hetero) is 1. The van der Waals surface area contributed by atoms with Crippen LogP contribution in [0, 0.1) is 0 Å². The minimum atomic E-state index is 0.0366. The largest absolute Gasteiger partial charge is 0.307 e. The monoisotopic (exact) mass is 274 g/mol. The van der Waals surface area contributed by atoms with Crippen molar-refractivity contribution >= 4 is 27.3 Å². The fraction of sp³-hybridized carbons (Fsp3) is 0.467. The second-order valence-corrected chi connectivity index (χ2v) is 6.19. The Balaban J connectivity index is 1.71. The number of carbonyl (C=O) groups excluding carboxylic acids is 1. The van der Waals surface area contributed by atoms with E-state index in [0.29, 0.717) is 12.2 Å². The Hall–Kier alpha value is -1.26. The maximum absolute atomic E-state index is 12.3. The molecule has 19 heavy (non-hydrogen) atoms. The molecule has 2 heterocycles. The van der Waals surface area contributed by atoms with Crippen LogP contribution in [-0.2, 0) is 11.2 Å². The molecule has 3 nitrogen and oxygen atoms in total. The summed E-state index contributed by atoms with van der Waals surface area (Å²) in [6.45, 7) is 0.969. The highest BCUT2D eigenvalue weighted by atomic mass is 32.1. The zero-order valence-electron chi connectivity index (χ0n) is 10.9. The Morgan fingerprint density at radius 2 is 2.21 bits per heavy atom. The summed E-state index contributed by atoms with van der Waals surface area (Å²) in [5, 5.41) is 4.30. The van der Waals surface area contributed by atoms with Gasteiger partial charge in [0.15, 0.2) is 5.78 Å². The normalized spacial score (nSPS) is 20.3. The Morgan fingerprint density at radius 1 is 1.32 bits per heavy atom. The van der Waals surface area contributed by atoms with Crippen LogP contribution in [0.1, 0.15) is 30.7 Å². The first-order chi connectivity index (χ1) is 9.33. The van der Waals surface area contributed by atoms with Crippen molar-refractivity contribution < 1.29 is 4.79 Å². The summed E-state index contributed by atoms with van der Waals surface area (Å²) in [6, 6.07) is 8.10. The van der Waals surface area contributed by atoms with Gasteiger partial charge in [0.2, 0.25) is 0 Å². The fourth-order valence-electron chi connectivity index (χ4n) is 2.57. The highest BCUT2D eigenvalue weighted by Gasteiger charge is 2.20. The second-order valence-electron chi connectivity index (χ2n) is 5.07. The summed E-state index contributed by atoms with van der Waals surface area (Å²) in [5.41, 5.74) is 1.00. The highest BCUT2D eigenvalue weighted by Crippen LogP contribution is 2.22. The first-order valence-corrected chi connectivity index (χ1v) is 7.75. The Morgan fingerprint density at radius 3 is 3.11 bits per heavy atom. The van der Waals surface area contributed by atoms with E-state index in [2.05, 4.69) is 16.4 Å². The summed E-state index contributed by atoms with van der Waals surface area (Å²) in [4.78, 5) is 16.8. The van der Waals surface area contributed by atoms with Crippen LogP contribution in [0.4, 0.5) is 0 Å². The minimum absolute atomic E-state index is 0.0366. The SMILES string of the molecule is O=C(Cc1nc2ccccc2s1)C1CCCCCN1. The number of ketones is 1. The predicted octanol–water partition coefficient (Wildman–Crippen LogP) is 2.94. The van der Waals surface area contributed by atoms with Gasteiger partial charge in [-0.3, -0.25) is 4.79 Å². The van der Waals surface area contributed by atoms with Crippen molar-refractivity contribution in [2.45, 2.75) is 38.1 Å². The van der Waals surface area contributed by atoms with Gasteiger partial charge in [-0.25, -0.2) is 4.98 Å². The van der Waals surface area contributed by atoms with E-state index in [0.717, 1.165) is 29.9 Å². The number of carbonyl (C=O) groups is 1. The fourth-order valence-corrected chi connectivity index (χ4v) is 3.55. The molecule has 0 saturated carbocycles. The van der Waals surface area contributed by atoms with Gasteiger partial charge >= 0.3 is 0 Å². The van der Waals surface area contributed by atoms with Crippen LogP contribution in [0.5, 0.6) is 0 Å². The molecule has 1 atom stereocenters. The van der Waals surface area contributed by atoms with Gasteiger partial charge in [0.1, 0.15) is 5.01 Å². The number of aromatic nitrogens is 1. The van der Waals surface area contributed by atoms with E-state index in [9.17, 15) is 4.79 Å². The van der Waals surface area contributed by atoms with Crippen molar-refractivity contribution in [2.75, 3.05) is 6.54 Å². The average molecular weight is 274 g/mol. The van der Waals surface area contributed by atoms with E-state index in [1.165, 1.54) is 17.5 Å². The third-order valence-corrected chi connectivity index (χ3v) is 4.65. The highest BCUT2D eigenvalue weighted by molar-refractivity contribution is 7.18. The molecule has 1 aromatic heterocycles. The maximum Gasteiger partial charge on any atom is 0.156 e. The lowest BCUT2D eigenvalue weighted by atomic mass is 10.0. The van der Waals surface area contributed by atoms with Gasteiger partial charge in [0.05, 0.1) is 22.7 Å². The van der Waals surface area contributed by atoms with Crippen molar-refractivity contribution in [3.63, 3.8) is 0 Å². The smallest absolute Gasteiger partial charge is 0.156 e. The number of nitrogens with one attached hydrogen (secondary N) is 1. The standard InChI is InChI=1S/C15H18N2OS/c18-13(11-6-2-1-5-9-16-11)10-15-17-12-7-3-4-8-14(12)19-15/h3-4,7-8,11,16H,1-2,5-6,9-10H2. The lowest BCUT2D eigenvalue weighted by Crippen LogP contribution is -2.36. The van der Waals surface area contributed by atoms with Gasteiger partial charge in [-0.2, -0.15) is 0 Å². The van der Waals surface area contributed by atoms with Crippen LogP contribution in [0.25, 0.3) is 10.2 Å². The average Bonchev–Trinajstić information content (AvgIpc) is 2.63. The van der Waals surface area contributed by atoms with Crippen molar-refractivity contribution in [2.24, 2.45) is 0 Å². The van der Waals surface area contributed by atoms with Crippen LogP contribution in [0.3, 0.4) is 0 Å². The zero-order chi connectivity index (χ0) is 13.1. The van der Waals surface area contributed by atoms with Crippen molar-refractivity contribution in [3.8, 4) is 0 Å². The number of para-hydroxylation sites is 1. The summed E-state index contributed by atoms with van der Waals surface area (Å²) >= 11 is 1.64. The molecular formula is C15H18N2OS. The van der Waals surface area contributed by atoms with E-state index >= 15 is 0 Å². The van der Waals surface area contributed by atoms with Gasteiger partial charge in [0.25, 0.3) is 0 Å². The van der Waals surface area contributed by atoms with Crippen molar-refractivity contribution in [1.29, 1.82) is 0 Å². The molecule has 0 spiro atoms. The van der Waals surface area contributed by atoms with E-state index < -0.39 is 0 Å². The second kappa shape index (κ2) is 5.80. The third kappa shape index (κ3) is 3.01. The predicted molar refractivity (Wildman–Crippen MR) is 78.6 cm³/mol. The van der Waals surface area contributed by atoms with E-state index in [4.69, 9.17) is 0 Å². The van der Waals surface area contributed by atoms with E-state index in [-0.39, 0.29) is 6.04 Å². The topological polar surface area (TPSA) is 42.0 Å². The lowest BCUT2D eigenvalue weighted by molar-refractivity contribution is -0.120. The molecule has 4 heteroatoms. The van der Waals surface area contributed by atoms with Gasteiger partial charge in [-0.15, -0.1) is 11.3 Å². The Kier molecular flexibility index (Phi) is 3.89. The number of benzene rings is 1. The zero-order valence-corrected chi connectivity index (χ0v) is 11.7. The van der Waals surface area contributed by atoms with Crippen LogP contribution >= 0.6 is 11.3 Å². The molecule has 100 valence electrons.